The van der Waals surface area contributed by atoms with Crippen LogP contribution in [0.4, 0.5) is 0 Å². The summed E-state index contributed by atoms with van der Waals surface area (Å²) < 4.78 is 11.1. The van der Waals surface area contributed by atoms with Crippen LogP contribution in [0.25, 0.3) is 0 Å². The van der Waals surface area contributed by atoms with Gasteiger partial charge in [-0.2, -0.15) is 0 Å². The fraction of sp³-hybridized carbons (Fsp3) is 0.462. The number of benzene rings is 2. The molecule has 2 aliphatic rings. The van der Waals surface area contributed by atoms with Crippen LogP contribution in [0.3, 0.4) is 0 Å². The van der Waals surface area contributed by atoms with E-state index in [-0.39, 0.29) is 23.7 Å². The van der Waals surface area contributed by atoms with Crippen LogP contribution < -0.4 is 9.47 Å². The zero-order chi connectivity index (χ0) is 23.5. The first-order valence-electron chi connectivity index (χ1n) is 11.5. The van der Waals surface area contributed by atoms with Crippen LogP contribution in [-0.4, -0.2) is 87.0 Å². The van der Waals surface area contributed by atoms with Gasteiger partial charge >= 0.3 is 0 Å². The monoisotopic (exact) mass is 451 g/mol. The number of amides is 2. The van der Waals surface area contributed by atoms with Gasteiger partial charge in [-0.15, -0.1) is 0 Å². The summed E-state index contributed by atoms with van der Waals surface area (Å²) in [6.45, 7) is 5.98. The molecule has 2 aromatic rings. The molecule has 2 aliphatic heterocycles. The molecule has 7 heteroatoms. The fourth-order valence-corrected chi connectivity index (χ4v) is 4.80. The molecule has 2 atom stereocenters. The SMILES string of the molecule is COc1ccc(OC)c([C@@H]2CN(C(=O)c3ccc(C)cc3)C[C@@H]2C(=O)N2CCN(C)CC2)c1. The van der Waals surface area contributed by atoms with Crippen molar-refractivity contribution >= 4 is 11.8 Å². The van der Waals surface area contributed by atoms with Crippen molar-refractivity contribution in [3.8, 4) is 11.5 Å². The summed E-state index contributed by atoms with van der Waals surface area (Å²) in [5.74, 6) is 0.981. The number of nitrogens with zero attached hydrogens (tertiary/aromatic N) is 3. The molecule has 0 saturated carbocycles. The van der Waals surface area contributed by atoms with Gasteiger partial charge in [0.25, 0.3) is 5.91 Å². The van der Waals surface area contributed by atoms with Crippen molar-refractivity contribution in [2.45, 2.75) is 12.8 Å². The molecule has 0 bridgehead atoms. The van der Waals surface area contributed by atoms with Gasteiger partial charge in [0.2, 0.25) is 5.91 Å². The van der Waals surface area contributed by atoms with E-state index in [0.29, 0.717) is 43.2 Å². The second kappa shape index (κ2) is 9.83. The van der Waals surface area contributed by atoms with Gasteiger partial charge in [0, 0.05) is 56.3 Å². The van der Waals surface area contributed by atoms with Crippen molar-refractivity contribution < 1.29 is 19.1 Å². The number of rotatable bonds is 5. The van der Waals surface area contributed by atoms with E-state index in [0.717, 1.165) is 24.2 Å². The second-order valence-corrected chi connectivity index (χ2v) is 9.03. The Labute approximate surface area is 195 Å². The molecule has 7 nitrogen and oxygen atoms in total. The molecule has 0 unspecified atom stereocenters. The highest BCUT2D eigenvalue weighted by atomic mass is 16.5. The smallest absolute Gasteiger partial charge is 0.253 e. The van der Waals surface area contributed by atoms with Crippen LogP contribution in [0, 0.1) is 12.8 Å². The minimum atomic E-state index is -0.330. The predicted octanol–water partition coefficient (Wildman–Crippen LogP) is 2.64. The van der Waals surface area contributed by atoms with E-state index in [2.05, 4.69) is 11.9 Å². The quantitative estimate of drug-likeness (QED) is 0.700. The molecule has 0 spiro atoms. The lowest BCUT2D eigenvalue weighted by atomic mass is 9.87. The Morgan fingerprint density at radius 3 is 2.21 bits per heavy atom. The number of hydrogen-bond donors (Lipinski definition) is 0. The fourth-order valence-electron chi connectivity index (χ4n) is 4.80. The maximum absolute atomic E-state index is 13.7. The molecule has 2 heterocycles. The second-order valence-electron chi connectivity index (χ2n) is 9.03. The lowest BCUT2D eigenvalue weighted by molar-refractivity contribution is -0.137. The molecule has 0 N–H and O–H groups in total. The van der Waals surface area contributed by atoms with Gasteiger partial charge in [0.05, 0.1) is 20.1 Å². The Morgan fingerprint density at radius 2 is 1.58 bits per heavy atom. The number of likely N-dealkylation sites (N-methyl/N-ethyl adjacent to an activating group) is 1. The van der Waals surface area contributed by atoms with Crippen molar-refractivity contribution in [2.75, 3.05) is 60.5 Å². The van der Waals surface area contributed by atoms with Gasteiger partial charge in [-0.3, -0.25) is 9.59 Å². The summed E-state index contributed by atoms with van der Waals surface area (Å²) in [5, 5.41) is 0. The average molecular weight is 452 g/mol. The van der Waals surface area contributed by atoms with Crippen molar-refractivity contribution in [3.63, 3.8) is 0 Å². The Hall–Kier alpha value is -3.06. The molecule has 2 amide bonds. The van der Waals surface area contributed by atoms with E-state index in [1.165, 1.54) is 0 Å². The van der Waals surface area contributed by atoms with Crippen molar-refractivity contribution in [2.24, 2.45) is 5.92 Å². The van der Waals surface area contributed by atoms with Crippen LogP contribution in [0.2, 0.25) is 0 Å². The maximum Gasteiger partial charge on any atom is 0.253 e. The summed E-state index contributed by atoms with van der Waals surface area (Å²) in [6, 6.07) is 13.3. The predicted molar refractivity (Wildman–Crippen MR) is 127 cm³/mol. The van der Waals surface area contributed by atoms with E-state index in [4.69, 9.17) is 9.47 Å². The van der Waals surface area contributed by atoms with E-state index in [9.17, 15) is 9.59 Å². The molecule has 33 heavy (non-hydrogen) atoms. The zero-order valence-electron chi connectivity index (χ0n) is 19.9. The highest BCUT2D eigenvalue weighted by Gasteiger charge is 2.43. The highest BCUT2D eigenvalue weighted by Crippen LogP contribution is 2.40. The first kappa shape index (κ1) is 23.1. The summed E-state index contributed by atoms with van der Waals surface area (Å²) in [7, 11) is 5.33. The molecule has 2 fully saturated rings. The molecule has 176 valence electrons. The third-order valence-corrected chi connectivity index (χ3v) is 6.87. The molecule has 0 aliphatic carbocycles. The number of methoxy groups -OCH3 is 2. The van der Waals surface area contributed by atoms with Crippen LogP contribution in [0.1, 0.15) is 27.4 Å². The molecular weight excluding hydrogens is 418 g/mol. The standard InChI is InChI=1S/C26H33N3O4/c1-18-5-7-19(8-6-18)25(30)29-16-22(21-15-20(32-3)9-10-24(21)33-4)23(17-29)26(31)28-13-11-27(2)12-14-28/h5-10,15,22-23H,11-14,16-17H2,1-4H3/t22-,23-/m0/s1. The third kappa shape index (κ3) is 4.83. The van der Waals surface area contributed by atoms with Crippen LogP contribution in [-0.2, 0) is 4.79 Å². The van der Waals surface area contributed by atoms with Crippen molar-refractivity contribution in [1.29, 1.82) is 0 Å². The van der Waals surface area contributed by atoms with Gasteiger partial charge in [0.1, 0.15) is 11.5 Å². The first-order chi connectivity index (χ1) is 15.9. The van der Waals surface area contributed by atoms with E-state index >= 15 is 0 Å². The normalized spacial score (nSPS) is 21.2. The first-order valence-corrected chi connectivity index (χ1v) is 11.5. The number of likely N-dealkylation sites (tertiary alicyclic amines) is 1. The van der Waals surface area contributed by atoms with Crippen LogP contribution in [0.15, 0.2) is 42.5 Å². The van der Waals surface area contributed by atoms with Gasteiger partial charge in [-0.1, -0.05) is 17.7 Å². The largest absolute Gasteiger partial charge is 0.497 e. The number of carbonyl (C=O) groups excluding carboxylic acids is 2. The lowest BCUT2D eigenvalue weighted by Gasteiger charge is -2.35. The van der Waals surface area contributed by atoms with Crippen LogP contribution >= 0.6 is 0 Å². The summed E-state index contributed by atoms with van der Waals surface area (Å²) in [5.41, 5.74) is 2.66. The van der Waals surface area contributed by atoms with Crippen molar-refractivity contribution in [3.05, 3.63) is 59.2 Å². The van der Waals surface area contributed by atoms with Gasteiger partial charge < -0.3 is 24.2 Å². The van der Waals surface area contributed by atoms with E-state index in [1.807, 2.05) is 59.2 Å². The Kier molecular flexibility index (Phi) is 6.88. The number of piperazine rings is 1. The van der Waals surface area contributed by atoms with Crippen molar-refractivity contribution in [1.82, 2.24) is 14.7 Å². The Balaban J connectivity index is 1.66. The number of aryl methyl sites for hydroxylation is 1. The minimum absolute atomic E-state index is 0.0458. The molecular formula is C26H33N3O4. The van der Waals surface area contributed by atoms with Gasteiger partial charge in [0.15, 0.2) is 0 Å². The van der Waals surface area contributed by atoms with E-state index < -0.39 is 0 Å². The molecule has 2 aromatic carbocycles. The Bertz CT molecular complexity index is 999. The Morgan fingerprint density at radius 1 is 0.879 bits per heavy atom. The third-order valence-electron chi connectivity index (χ3n) is 6.87. The summed E-state index contributed by atoms with van der Waals surface area (Å²) in [4.78, 5) is 33.0. The molecule has 4 rings (SSSR count). The van der Waals surface area contributed by atoms with Crippen LogP contribution in [0.5, 0.6) is 11.5 Å². The highest BCUT2D eigenvalue weighted by molar-refractivity contribution is 5.95. The number of hydrogen-bond acceptors (Lipinski definition) is 5. The topological polar surface area (TPSA) is 62.3 Å². The number of ether oxygens (including phenoxy) is 2. The minimum Gasteiger partial charge on any atom is -0.497 e. The van der Waals surface area contributed by atoms with Gasteiger partial charge in [-0.25, -0.2) is 0 Å². The number of carbonyl (C=O) groups is 2. The summed E-state index contributed by atoms with van der Waals surface area (Å²) in [6.07, 6.45) is 0. The van der Waals surface area contributed by atoms with Gasteiger partial charge in [-0.05, 0) is 44.3 Å². The summed E-state index contributed by atoms with van der Waals surface area (Å²) >= 11 is 0. The molecule has 0 aromatic heterocycles. The maximum atomic E-state index is 13.7. The molecule has 0 radical (unpaired) electrons. The molecule has 2 saturated heterocycles. The average Bonchev–Trinajstić information content (AvgIpc) is 3.29. The van der Waals surface area contributed by atoms with E-state index in [1.54, 1.807) is 14.2 Å². The lowest BCUT2D eigenvalue weighted by Crippen LogP contribution is -2.50. The zero-order valence-corrected chi connectivity index (χ0v) is 19.9.